The number of aromatic nitrogens is 3. The van der Waals surface area contributed by atoms with Crippen molar-refractivity contribution >= 4 is 29.1 Å². The van der Waals surface area contributed by atoms with E-state index in [2.05, 4.69) is 10.2 Å². The fourth-order valence-electron chi connectivity index (χ4n) is 2.87. The van der Waals surface area contributed by atoms with Gasteiger partial charge in [0, 0.05) is 23.2 Å². The van der Waals surface area contributed by atoms with Gasteiger partial charge in [0.1, 0.15) is 0 Å². The molecule has 0 fully saturated rings. The molecule has 152 valence electrons. The maximum absolute atomic E-state index is 14.1. The fourth-order valence-corrected chi connectivity index (χ4v) is 3.32. The van der Waals surface area contributed by atoms with Crippen molar-refractivity contribution in [1.29, 1.82) is 0 Å². The molecule has 0 unspecified atom stereocenters. The molecule has 0 atom stereocenters. The number of benzene rings is 2. The number of carbonyl (C=O) groups is 1. The minimum absolute atomic E-state index is 0.0832. The molecule has 0 spiro atoms. The lowest BCUT2D eigenvalue weighted by molar-refractivity contribution is 0.0836. The molecule has 0 saturated carbocycles. The van der Waals surface area contributed by atoms with Crippen LogP contribution in [-0.4, -0.2) is 20.7 Å². The average Bonchev–Trinajstić information content (AvgIpc) is 3.00. The average molecular weight is 441 g/mol. The first-order valence-corrected chi connectivity index (χ1v) is 9.10. The minimum atomic E-state index is -1.25. The van der Waals surface area contributed by atoms with Crippen molar-refractivity contribution in [2.24, 2.45) is 12.8 Å². The van der Waals surface area contributed by atoms with Gasteiger partial charge in [-0.3, -0.25) is 4.79 Å². The van der Waals surface area contributed by atoms with Crippen molar-refractivity contribution in [2.45, 2.75) is 19.4 Å². The number of nitrogens with zero attached hydrogens (tertiary/aromatic N) is 3. The maximum Gasteiger partial charge on any atom is 0.248 e. The van der Waals surface area contributed by atoms with E-state index in [0.717, 1.165) is 12.1 Å². The monoisotopic (exact) mass is 440 g/mol. The summed E-state index contributed by atoms with van der Waals surface area (Å²) < 4.78 is 35.4. The van der Waals surface area contributed by atoms with E-state index >= 15 is 0 Å². The van der Waals surface area contributed by atoms with Crippen molar-refractivity contribution in [2.75, 3.05) is 0 Å². The van der Waals surface area contributed by atoms with Crippen molar-refractivity contribution in [1.82, 2.24) is 14.8 Å². The fraction of sp³-hybridized carbons (Fsp3) is 0.211. The molecule has 2 aromatic carbocycles. The normalized spacial score (nSPS) is 11.6. The summed E-state index contributed by atoms with van der Waals surface area (Å²) in [6, 6.07) is 6.44. The largest absolute Gasteiger partial charge is 0.474 e. The Kier molecular flexibility index (Phi) is 5.51. The van der Waals surface area contributed by atoms with Gasteiger partial charge < -0.3 is 15.0 Å². The molecule has 6 nitrogen and oxygen atoms in total. The summed E-state index contributed by atoms with van der Waals surface area (Å²) >= 11 is 11.9. The number of ether oxygens (including phenoxy) is 1. The summed E-state index contributed by atoms with van der Waals surface area (Å²) in [5, 5.41) is 8.38. The van der Waals surface area contributed by atoms with E-state index in [-0.39, 0.29) is 21.4 Å². The van der Waals surface area contributed by atoms with Crippen molar-refractivity contribution in [3.63, 3.8) is 0 Å². The van der Waals surface area contributed by atoms with Crippen LogP contribution in [0.4, 0.5) is 8.78 Å². The summed E-state index contributed by atoms with van der Waals surface area (Å²) in [5.74, 6) is -2.40. The van der Waals surface area contributed by atoms with Crippen LogP contribution in [0.2, 0.25) is 10.0 Å². The number of rotatable bonds is 5. The Balaban J connectivity index is 1.99. The first-order chi connectivity index (χ1) is 13.5. The molecule has 0 aliphatic carbocycles. The Labute approximate surface area is 175 Å². The molecule has 1 heterocycles. The first-order valence-electron chi connectivity index (χ1n) is 8.34. The van der Waals surface area contributed by atoms with Gasteiger partial charge in [0.25, 0.3) is 0 Å². The minimum Gasteiger partial charge on any atom is -0.474 e. The molecule has 3 rings (SSSR count). The van der Waals surface area contributed by atoms with E-state index in [4.69, 9.17) is 33.7 Å². The molecule has 0 radical (unpaired) electrons. The Morgan fingerprint density at radius 1 is 1.14 bits per heavy atom. The molecule has 3 aromatic rings. The van der Waals surface area contributed by atoms with Crippen LogP contribution in [0, 0.1) is 11.6 Å². The molecular weight excluding hydrogens is 425 g/mol. The third-order valence-electron chi connectivity index (χ3n) is 4.23. The highest BCUT2D eigenvalue weighted by atomic mass is 35.5. The third kappa shape index (κ3) is 4.04. The van der Waals surface area contributed by atoms with Crippen LogP contribution in [0.3, 0.4) is 0 Å². The highest BCUT2D eigenvalue weighted by Crippen LogP contribution is 2.34. The number of primary amides is 1. The van der Waals surface area contributed by atoms with E-state index in [1.54, 1.807) is 31.5 Å². The van der Waals surface area contributed by atoms with E-state index in [0.29, 0.717) is 11.4 Å². The van der Waals surface area contributed by atoms with Gasteiger partial charge in [0.2, 0.25) is 5.91 Å². The summed E-state index contributed by atoms with van der Waals surface area (Å²) in [5.41, 5.74) is 4.74. The van der Waals surface area contributed by atoms with E-state index < -0.39 is 28.9 Å². The van der Waals surface area contributed by atoms with Crippen molar-refractivity contribution in [3.8, 4) is 17.1 Å². The van der Waals surface area contributed by atoms with Gasteiger partial charge in [-0.25, -0.2) is 8.78 Å². The van der Waals surface area contributed by atoms with Crippen molar-refractivity contribution < 1.29 is 18.3 Å². The van der Waals surface area contributed by atoms with Crippen LogP contribution >= 0.6 is 23.2 Å². The molecule has 0 aliphatic heterocycles. The van der Waals surface area contributed by atoms with Gasteiger partial charge in [0.15, 0.2) is 34.6 Å². The topological polar surface area (TPSA) is 83.0 Å². The number of nitrogens with two attached hydrogens (primary N) is 1. The second kappa shape index (κ2) is 7.61. The smallest absolute Gasteiger partial charge is 0.248 e. The van der Waals surface area contributed by atoms with E-state index in [9.17, 15) is 13.6 Å². The molecular formula is C19H16Cl2F2N4O2. The highest BCUT2D eigenvalue weighted by molar-refractivity contribution is 6.33. The quantitative estimate of drug-likeness (QED) is 0.633. The molecule has 29 heavy (non-hydrogen) atoms. The zero-order chi connectivity index (χ0) is 21.5. The van der Waals surface area contributed by atoms with Crippen LogP contribution in [0.25, 0.3) is 11.4 Å². The highest BCUT2D eigenvalue weighted by Gasteiger charge is 2.32. The number of halogens is 4. The lowest BCUT2D eigenvalue weighted by Gasteiger charge is -2.26. The molecule has 10 heteroatoms. The summed E-state index contributed by atoms with van der Waals surface area (Å²) in [6.07, 6.45) is 0. The molecule has 2 N–H and O–H groups in total. The number of carbonyl (C=O) groups excluding carboxylic acids is 1. The van der Waals surface area contributed by atoms with Crippen molar-refractivity contribution in [3.05, 3.63) is 63.4 Å². The second-order valence-corrected chi connectivity index (χ2v) is 7.62. The second-order valence-electron chi connectivity index (χ2n) is 6.78. The number of amides is 1. The Bertz CT molecular complexity index is 1090. The van der Waals surface area contributed by atoms with Gasteiger partial charge >= 0.3 is 0 Å². The third-order valence-corrected chi connectivity index (χ3v) is 4.76. The van der Waals surface area contributed by atoms with Crippen LogP contribution in [0.1, 0.15) is 30.0 Å². The maximum atomic E-state index is 14.1. The van der Waals surface area contributed by atoms with Crippen LogP contribution < -0.4 is 10.5 Å². The summed E-state index contributed by atoms with van der Waals surface area (Å²) in [7, 11) is 1.66. The van der Waals surface area contributed by atoms with Gasteiger partial charge in [-0.1, -0.05) is 23.2 Å². The van der Waals surface area contributed by atoms with Gasteiger partial charge in [0.05, 0.1) is 5.02 Å². The zero-order valence-corrected chi connectivity index (χ0v) is 17.1. The van der Waals surface area contributed by atoms with Crippen LogP contribution in [0.5, 0.6) is 5.75 Å². The van der Waals surface area contributed by atoms with Gasteiger partial charge in [-0.15, -0.1) is 10.2 Å². The van der Waals surface area contributed by atoms with Gasteiger partial charge in [-0.2, -0.15) is 0 Å². The Hall–Kier alpha value is -2.71. The molecule has 0 saturated heterocycles. The van der Waals surface area contributed by atoms with E-state index in [1.807, 2.05) is 0 Å². The van der Waals surface area contributed by atoms with Crippen LogP contribution in [-0.2, 0) is 12.6 Å². The standard InChI is InChI=1S/C19H16Cl2F2N4O2/c1-19(2,29-15-13(22)7-10(20)8-14(15)23)18-26-25-17(27(18)3)11-5-4-9(16(24)28)6-12(11)21/h4-8H,1-3H3,(H2,24,28). The van der Waals surface area contributed by atoms with E-state index in [1.165, 1.54) is 12.1 Å². The lowest BCUT2D eigenvalue weighted by Crippen LogP contribution is -2.30. The SMILES string of the molecule is Cn1c(-c2ccc(C(N)=O)cc2Cl)nnc1C(C)(C)Oc1c(F)cc(Cl)cc1F. The summed E-state index contributed by atoms with van der Waals surface area (Å²) in [6.45, 7) is 3.18. The molecule has 1 aromatic heterocycles. The first kappa shape index (κ1) is 21.0. The number of hydrogen-bond acceptors (Lipinski definition) is 4. The van der Waals surface area contributed by atoms with Crippen LogP contribution in [0.15, 0.2) is 30.3 Å². The number of hydrogen-bond donors (Lipinski definition) is 1. The predicted octanol–water partition coefficient (Wildman–Crippen LogP) is 4.48. The molecule has 0 bridgehead atoms. The zero-order valence-electron chi connectivity index (χ0n) is 15.6. The molecule has 0 aliphatic rings. The predicted molar refractivity (Wildman–Crippen MR) is 105 cm³/mol. The lowest BCUT2D eigenvalue weighted by atomic mass is 10.1. The summed E-state index contributed by atoms with van der Waals surface area (Å²) in [4.78, 5) is 11.3. The van der Waals surface area contributed by atoms with Gasteiger partial charge in [-0.05, 0) is 44.2 Å². The molecule has 1 amide bonds. The Morgan fingerprint density at radius 3 is 2.31 bits per heavy atom. The Morgan fingerprint density at radius 2 is 1.76 bits per heavy atom.